The van der Waals surface area contributed by atoms with Crippen molar-refractivity contribution in [1.82, 2.24) is 20.3 Å². The molecule has 138 valence electrons. The molecule has 1 amide bonds. The molecule has 9 heteroatoms. The van der Waals surface area contributed by atoms with Crippen LogP contribution in [-0.4, -0.2) is 72.3 Å². The fourth-order valence-corrected chi connectivity index (χ4v) is 3.04. The summed E-state index contributed by atoms with van der Waals surface area (Å²) in [5.74, 6) is 1.04. The van der Waals surface area contributed by atoms with Gasteiger partial charge in [0.25, 0.3) is 0 Å². The highest BCUT2D eigenvalue weighted by atomic mass is 35.5. The van der Waals surface area contributed by atoms with Gasteiger partial charge < -0.3 is 19.5 Å². The van der Waals surface area contributed by atoms with E-state index in [1.807, 2.05) is 24.8 Å². The molecule has 0 radical (unpaired) electrons. The molecule has 0 bridgehead atoms. The first-order chi connectivity index (χ1) is 10.6. The number of aryl methyl sites for hydroxylation is 1. The van der Waals surface area contributed by atoms with Crippen LogP contribution in [0, 0.1) is 6.92 Å². The van der Waals surface area contributed by atoms with Crippen molar-refractivity contribution in [3.05, 3.63) is 17.5 Å². The quantitative estimate of drug-likeness (QED) is 0.837. The normalized spacial score (nSPS) is 24.8. The SMILES string of the molecule is Cc1cc(CN2CCN(C(=O)[C@H]3NCCO[C@@H]3C)CC2)on1.Cl.Cl. The molecule has 1 aromatic heterocycles. The summed E-state index contributed by atoms with van der Waals surface area (Å²) in [6.07, 6.45) is -0.0588. The number of carbonyl (C=O) groups is 1. The molecule has 0 aromatic carbocycles. The van der Waals surface area contributed by atoms with Crippen LogP contribution in [0.5, 0.6) is 0 Å². The highest BCUT2D eigenvalue weighted by Gasteiger charge is 2.33. The molecule has 2 saturated heterocycles. The van der Waals surface area contributed by atoms with Gasteiger partial charge >= 0.3 is 0 Å². The Morgan fingerprint density at radius 2 is 2.04 bits per heavy atom. The van der Waals surface area contributed by atoms with E-state index in [1.165, 1.54) is 0 Å². The second kappa shape index (κ2) is 9.58. The Kier molecular flexibility index (Phi) is 8.45. The molecule has 24 heavy (non-hydrogen) atoms. The molecule has 7 nitrogen and oxygen atoms in total. The summed E-state index contributed by atoms with van der Waals surface area (Å²) in [5.41, 5.74) is 0.904. The van der Waals surface area contributed by atoms with Gasteiger partial charge in [0.05, 0.1) is 24.9 Å². The average Bonchev–Trinajstić information content (AvgIpc) is 2.93. The Bertz CT molecular complexity index is 521. The van der Waals surface area contributed by atoms with Crippen LogP contribution in [0.15, 0.2) is 10.6 Å². The second-order valence-electron chi connectivity index (χ2n) is 6.04. The number of morpholine rings is 1. The maximum atomic E-state index is 12.6. The molecular formula is C15H26Cl2N4O3. The van der Waals surface area contributed by atoms with E-state index in [0.717, 1.165) is 50.7 Å². The number of hydrogen-bond acceptors (Lipinski definition) is 6. The zero-order chi connectivity index (χ0) is 15.5. The van der Waals surface area contributed by atoms with E-state index >= 15 is 0 Å². The standard InChI is InChI=1S/C15H24N4O3.2ClH/c1-11-9-13(22-17-11)10-18-4-6-19(7-5-18)15(20)14-12(2)21-8-3-16-14;;/h9,12,14,16H,3-8,10H2,1-2H3;2*1H/t12-,14+;;/m1../s1. The molecule has 0 saturated carbocycles. The molecule has 1 N–H and O–H groups in total. The number of nitrogens with zero attached hydrogens (tertiary/aromatic N) is 3. The Morgan fingerprint density at radius 1 is 1.33 bits per heavy atom. The van der Waals surface area contributed by atoms with Crippen LogP contribution in [0.2, 0.25) is 0 Å². The van der Waals surface area contributed by atoms with Crippen molar-refractivity contribution in [2.45, 2.75) is 32.5 Å². The number of carbonyl (C=O) groups excluding carboxylic acids is 1. The summed E-state index contributed by atoms with van der Waals surface area (Å²) < 4.78 is 10.8. The summed E-state index contributed by atoms with van der Waals surface area (Å²) in [6, 6.07) is 1.75. The Hall–Kier alpha value is -0.860. The van der Waals surface area contributed by atoms with Gasteiger partial charge in [-0.2, -0.15) is 0 Å². The first kappa shape index (κ1) is 21.2. The van der Waals surface area contributed by atoms with E-state index in [-0.39, 0.29) is 42.9 Å². The van der Waals surface area contributed by atoms with Gasteiger partial charge in [0, 0.05) is 38.8 Å². The number of piperazine rings is 1. The zero-order valence-electron chi connectivity index (χ0n) is 14.1. The van der Waals surface area contributed by atoms with Crippen LogP contribution in [0.4, 0.5) is 0 Å². The number of rotatable bonds is 3. The number of ether oxygens (including phenoxy) is 1. The number of hydrogen-bond donors (Lipinski definition) is 1. The van der Waals surface area contributed by atoms with Gasteiger partial charge in [-0.05, 0) is 13.8 Å². The van der Waals surface area contributed by atoms with Crippen LogP contribution >= 0.6 is 24.8 Å². The van der Waals surface area contributed by atoms with E-state index < -0.39 is 0 Å². The first-order valence-corrected chi connectivity index (χ1v) is 7.92. The highest BCUT2D eigenvalue weighted by molar-refractivity contribution is 5.85. The third-order valence-corrected chi connectivity index (χ3v) is 4.32. The molecule has 3 heterocycles. The smallest absolute Gasteiger partial charge is 0.242 e. The fourth-order valence-electron chi connectivity index (χ4n) is 3.04. The predicted octanol–water partition coefficient (Wildman–Crippen LogP) is 0.848. The van der Waals surface area contributed by atoms with Crippen molar-refractivity contribution in [2.24, 2.45) is 0 Å². The van der Waals surface area contributed by atoms with Crippen LogP contribution in [-0.2, 0) is 16.1 Å². The van der Waals surface area contributed by atoms with Crippen LogP contribution in [0.3, 0.4) is 0 Å². The van der Waals surface area contributed by atoms with Crippen molar-refractivity contribution in [1.29, 1.82) is 0 Å². The molecule has 3 rings (SSSR count). The zero-order valence-corrected chi connectivity index (χ0v) is 15.7. The number of nitrogens with one attached hydrogen (secondary N) is 1. The third kappa shape index (κ3) is 5.07. The van der Waals surface area contributed by atoms with Crippen molar-refractivity contribution in [3.63, 3.8) is 0 Å². The van der Waals surface area contributed by atoms with Crippen molar-refractivity contribution in [2.75, 3.05) is 39.3 Å². The van der Waals surface area contributed by atoms with Crippen LogP contribution in [0.1, 0.15) is 18.4 Å². The number of amides is 1. The third-order valence-electron chi connectivity index (χ3n) is 4.32. The monoisotopic (exact) mass is 380 g/mol. The second-order valence-corrected chi connectivity index (χ2v) is 6.04. The van der Waals surface area contributed by atoms with Crippen LogP contribution < -0.4 is 5.32 Å². The van der Waals surface area contributed by atoms with E-state index in [1.54, 1.807) is 0 Å². The number of halogens is 2. The maximum Gasteiger partial charge on any atom is 0.242 e. The Morgan fingerprint density at radius 3 is 2.62 bits per heavy atom. The van der Waals surface area contributed by atoms with E-state index in [2.05, 4.69) is 15.4 Å². The number of aromatic nitrogens is 1. The topological polar surface area (TPSA) is 70.8 Å². The van der Waals surface area contributed by atoms with E-state index in [0.29, 0.717) is 6.61 Å². The minimum absolute atomic E-state index is 0. The van der Waals surface area contributed by atoms with Crippen molar-refractivity contribution in [3.8, 4) is 0 Å². The largest absolute Gasteiger partial charge is 0.375 e. The summed E-state index contributed by atoms with van der Waals surface area (Å²) in [4.78, 5) is 16.8. The van der Waals surface area contributed by atoms with Gasteiger partial charge in [0.1, 0.15) is 6.04 Å². The van der Waals surface area contributed by atoms with E-state index in [4.69, 9.17) is 9.26 Å². The van der Waals surface area contributed by atoms with Gasteiger partial charge in [0.2, 0.25) is 5.91 Å². The lowest BCUT2D eigenvalue weighted by molar-refractivity contribution is -0.141. The average molecular weight is 381 g/mol. The summed E-state index contributed by atoms with van der Waals surface area (Å²) >= 11 is 0. The highest BCUT2D eigenvalue weighted by Crippen LogP contribution is 2.13. The molecule has 0 unspecified atom stereocenters. The summed E-state index contributed by atoms with van der Waals surface area (Å²) in [7, 11) is 0. The van der Waals surface area contributed by atoms with Gasteiger partial charge in [0.15, 0.2) is 5.76 Å². The van der Waals surface area contributed by atoms with Gasteiger partial charge in [-0.3, -0.25) is 9.69 Å². The van der Waals surface area contributed by atoms with E-state index in [9.17, 15) is 4.79 Å². The minimum atomic E-state index is -0.211. The van der Waals surface area contributed by atoms with Crippen molar-refractivity contribution >= 4 is 30.7 Å². The predicted molar refractivity (Wildman–Crippen MR) is 94.8 cm³/mol. The molecule has 2 atom stereocenters. The maximum absolute atomic E-state index is 12.6. The fraction of sp³-hybridized carbons (Fsp3) is 0.733. The first-order valence-electron chi connectivity index (χ1n) is 7.92. The Labute approximate surface area is 154 Å². The molecule has 0 aliphatic carbocycles. The lowest BCUT2D eigenvalue weighted by atomic mass is 10.1. The summed E-state index contributed by atoms with van der Waals surface area (Å²) in [5, 5.41) is 7.17. The van der Waals surface area contributed by atoms with Crippen molar-refractivity contribution < 1.29 is 14.1 Å². The molecular weight excluding hydrogens is 355 g/mol. The van der Waals surface area contributed by atoms with Gasteiger partial charge in [-0.15, -0.1) is 24.8 Å². The minimum Gasteiger partial charge on any atom is -0.375 e. The molecule has 2 aliphatic heterocycles. The molecule has 0 spiro atoms. The molecule has 2 fully saturated rings. The lowest BCUT2D eigenvalue weighted by Gasteiger charge is -2.38. The Balaban J connectivity index is 0.00000144. The van der Waals surface area contributed by atoms with Crippen LogP contribution in [0.25, 0.3) is 0 Å². The lowest BCUT2D eigenvalue weighted by Crippen LogP contribution is -2.59. The molecule has 2 aliphatic rings. The van der Waals surface area contributed by atoms with Gasteiger partial charge in [-0.1, -0.05) is 5.16 Å². The molecule has 1 aromatic rings. The van der Waals surface area contributed by atoms with Gasteiger partial charge in [-0.25, -0.2) is 0 Å². The summed E-state index contributed by atoms with van der Waals surface area (Å²) in [6.45, 7) is 9.25.